The Morgan fingerprint density at radius 3 is 1.89 bits per heavy atom. The molecule has 19 heavy (non-hydrogen) atoms. The Balaban J connectivity index is 0.000000191. The fourth-order valence-electron chi connectivity index (χ4n) is 1.23. The zero-order chi connectivity index (χ0) is 14.1. The van der Waals surface area contributed by atoms with Gasteiger partial charge in [0.1, 0.15) is 23.5 Å². The van der Waals surface area contributed by atoms with Crippen LogP contribution in [0, 0.1) is 29.6 Å². The van der Waals surface area contributed by atoms with Gasteiger partial charge in [-0.15, -0.1) is 0 Å². The second-order valence-corrected chi connectivity index (χ2v) is 3.85. The summed E-state index contributed by atoms with van der Waals surface area (Å²) >= 11 is 0. The second-order valence-electron chi connectivity index (χ2n) is 3.85. The predicted octanol–water partition coefficient (Wildman–Crippen LogP) is 2.78. The van der Waals surface area contributed by atoms with E-state index < -0.39 is 0 Å². The highest BCUT2D eigenvalue weighted by Gasteiger charge is 1.90. The van der Waals surface area contributed by atoms with Crippen molar-refractivity contribution in [2.24, 2.45) is 0 Å². The Bertz CT molecular complexity index is 586. The number of nitriles is 2. The Morgan fingerprint density at radius 1 is 0.947 bits per heavy atom. The van der Waals surface area contributed by atoms with Gasteiger partial charge < -0.3 is 0 Å². The highest BCUT2D eigenvalue weighted by Crippen LogP contribution is 1.98. The summed E-state index contributed by atoms with van der Waals surface area (Å²) in [6.45, 7) is 4.00. The molecule has 0 unspecified atom stereocenters. The van der Waals surface area contributed by atoms with Crippen molar-refractivity contribution in [1.29, 1.82) is 10.5 Å². The summed E-state index contributed by atoms with van der Waals surface area (Å²) in [4.78, 5) is 7.74. The van der Waals surface area contributed by atoms with Gasteiger partial charge in [0.25, 0.3) is 0 Å². The van der Waals surface area contributed by atoms with Crippen LogP contribution in [0.3, 0.4) is 0 Å². The van der Waals surface area contributed by atoms with Crippen LogP contribution in [0.15, 0.2) is 36.7 Å². The molecule has 0 amide bonds. The van der Waals surface area contributed by atoms with Crippen molar-refractivity contribution in [2.75, 3.05) is 0 Å². The minimum atomic E-state index is 0.473. The maximum atomic E-state index is 8.39. The van der Waals surface area contributed by atoms with Crippen molar-refractivity contribution in [1.82, 2.24) is 9.97 Å². The number of hydrogen-bond acceptors (Lipinski definition) is 4. The third-order valence-electron chi connectivity index (χ3n) is 2.37. The van der Waals surface area contributed by atoms with Gasteiger partial charge in [0.2, 0.25) is 0 Å². The maximum Gasteiger partial charge on any atom is 0.140 e. The number of rotatable bonds is 1. The van der Waals surface area contributed by atoms with Crippen LogP contribution < -0.4 is 0 Å². The van der Waals surface area contributed by atoms with Crippen LogP contribution in [0.4, 0.5) is 0 Å². The lowest BCUT2D eigenvalue weighted by molar-refractivity contribution is 1.09. The van der Waals surface area contributed by atoms with Gasteiger partial charge in [-0.2, -0.15) is 10.5 Å². The molecule has 2 aromatic heterocycles. The smallest absolute Gasteiger partial charge is 0.140 e. The number of aryl methyl sites for hydroxylation is 2. The van der Waals surface area contributed by atoms with E-state index in [1.165, 1.54) is 5.56 Å². The van der Waals surface area contributed by atoms with Crippen LogP contribution in [0.25, 0.3) is 0 Å². The number of hydrogen-bond donors (Lipinski definition) is 0. The standard InChI is InChI=1S/C8H8N2.C7H6N2/c1-2-7-3-4-8(5-9)10-6-7;1-6-2-3-7(4-8)9-5-6/h3-4,6H,2H2,1H3;2-3,5H,1H3. The Labute approximate surface area is 113 Å². The zero-order valence-electron chi connectivity index (χ0n) is 11.0. The van der Waals surface area contributed by atoms with E-state index >= 15 is 0 Å². The zero-order valence-corrected chi connectivity index (χ0v) is 11.0. The fraction of sp³-hybridized carbons (Fsp3) is 0.200. The largest absolute Gasteiger partial charge is 0.245 e. The fourth-order valence-corrected chi connectivity index (χ4v) is 1.23. The molecule has 2 rings (SSSR count). The van der Waals surface area contributed by atoms with Crippen molar-refractivity contribution in [3.05, 3.63) is 59.2 Å². The van der Waals surface area contributed by atoms with Crippen molar-refractivity contribution in [3.8, 4) is 12.1 Å². The SMILES string of the molecule is CCc1ccc(C#N)nc1.Cc1ccc(C#N)nc1. The minimum Gasteiger partial charge on any atom is -0.245 e. The summed E-state index contributed by atoms with van der Waals surface area (Å²) < 4.78 is 0. The first-order chi connectivity index (χ1) is 9.19. The first kappa shape index (κ1) is 14.3. The Hall–Kier alpha value is -2.72. The quantitative estimate of drug-likeness (QED) is 0.780. The number of aromatic nitrogens is 2. The molecule has 0 N–H and O–H groups in total. The Morgan fingerprint density at radius 2 is 1.53 bits per heavy atom. The molecule has 0 aliphatic carbocycles. The normalized spacial score (nSPS) is 8.63. The average Bonchev–Trinajstić information content (AvgIpc) is 2.49. The highest BCUT2D eigenvalue weighted by molar-refractivity contribution is 5.23. The molecule has 94 valence electrons. The third-order valence-corrected chi connectivity index (χ3v) is 2.37. The summed E-state index contributed by atoms with van der Waals surface area (Å²) in [6, 6.07) is 11.1. The predicted molar refractivity (Wildman–Crippen MR) is 72.0 cm³/mol. The molecule has 0 bridgehead atoms. The van der Waals surface area contributed by atoms with Crippen molar-refractivity contribution in [2.45, 2.75) is 20.3 Å². The third kappa shape index (κ3) is 4.97. The lowest BCUT2D eigenvalue weighted by Gasteiger charge is -1.92. The molecule has 0 saturated heterocycles. The molecular formula is C15H14N4. The van der Waals surface area contributed by atoms with E-state index in [2.05, 4.69) is 16.9 Å². The van der Waals surface area contributed by atoms with Gasteiger partial charge in [-0.1, -0.05) is 19.1 Å². The number of pyridine rings is 2. The van der Waals surface area contributed by atoms with E-state index in [1.807, 2.05) is 31.2 Å². The summed E-state index contributed by atoms with van der Waals surface area (Å²) in [5.41, 5.74) is 3.20. The van der Waals surface area contributed by atoms with Crippen LogP contribution in [-0.4, -0.2) is 9.97 Å². The lowest BCUT2D eigenvalue weighted by atomic mass is 10.2. The van der Waals surface area contributed by atoms with E-state index in [0.29, 0.717) is 11.4 Å². The minimum absolute atomic E-state index is 0.473. The van der Waals surface area contributed by atoms with Gasteiger partial charge in [0.05, 0.1) is 0 Å². The lowest BCUT2D eigenvalue weighted by Crippen LogP contribution is -1.84. The first-order valence-electron chi connectivity index (χ1n) is 5.87. The summed E-state index contributed by atoms with van der Waals surface area (Å²) in [5, 5.41) is 16.7. The molecule has 2 heterocycles. The van der Waals surface area contributed by atoms with Crippen LogP contribution in [-0.2, 0) is 6.42 Å². The highest BCUT2D eigenvalue weighted by atomic mass is 14.7. The monoisotopic (exact) mass is 250 g/mol. The van der Waals surface area contributed by atoms with Crippen LogP contribution in [0.5, 0.6) is 0 Å². The van der Waals surface area contributed by atoms with E-state index in [9.17, 15) is 0 Å². The molecule has 0 spiro atoms. The first-order valence-corrected chi connectivity index (χ1v) is 5.87. The van der Waals surface area contributed by atoms with Crippen molar-refractivity contribution in [3.63, 3.8) is 0 Å². The van der Waals surface area contributed by atoms with Crippen LogP contribution >= 0.6 is 0 Å². The molecule has 0 fully saturated rings. The number of nitrogens with zero attached hydrogens (tertiary/aromatic N) is 4. The molecule has 4 nitrogen and oxygen atoms in total. The molecule has 2 aromatic rings. The van der Waals surface area contributed by atoms with Crippen LogP contribution in [0.1, 0.15) is 29.4 Å². The molecule has 0 aliphatic rings. The van der Waals surface area contributed by atoms with Gasteiger partial charge in [0.15, 0.2) is 0 Å². The summed E-state index contributed by atoms with van der Waals surface area (Å²) in [5.74, 6) is 0. The maximum absolute atomic E-state index is 8.39. The molecular weight excluding hydrogens is 236 g/mol. The molecule has 0 aromatic carbocycles. The topological polar surface area (TPSA) is 73.4 Å². The summed E-state index contributed by atoms with van der Waals surface area (Å²) in [6.07, 6.45) is 4.38. The van der Waals surface area contributed by atoms with Gasteiger partial charge in [-0.05, 0) is 36.6 Å². The molecule has 0 aliphatic heterocycles. The molecule has 0 radical (unpaired) electrons. The van der Waals surface area contributed by atoms with E-state index in [4.69, 9.17) is 10.5 Å². The van der Waals surface area contributed by atoms with Crippen LogP contribution in [0.2, 0.25) is 0 Å². The molecule has 0 atom stereocenters. The van der Waals surface area contributed by atoms with E-state index in [0.717, 1.165) is 12.0 Å². The second kappa shape index (κ2) is 7.58. The van der Waals surface area contributed by atoms with Gasteiger partial charge in [-0.3, -0.25) is 0 Å². The molecule has 4 heteroatoms. The van der Waals surface area contributed by atoms with Gasteiger partial charge >= 0.3 is 0 Å². The average molecular weight is 250 g/mol. The van der Waals surface area contributed by atoms with Gasteiger partial charge in [-0.25, -0.2) is 9.97 Å². The molecule has 0 saturated carbocycles. The summed E-state index contributed by atoms with van der Waals surface area (Å²) in [7, 11) is 0. The van der Waals surface area contributed by atoms with Gasteiger partial charge in [0, 0.05) is 12.4 Å². The van der Waals surface area contributed by atoms with E-state index in [1.54, 1.807) is 24.5 Å². The van der Waals surface area contributed by atoms with Crippen molar-refractivity contribution >= 4 is 0 Å². The Kier molecular flexibility index (Phi) is 5.72. The van der Waals surface area contributed by atoms with Crippen molar-refractivity contribution < 1.29 is 0 Å². The van der Waals surface area contributed by atoms with E-state index in [-0.39, 0.29) is 0 Å².